The number of non-ortho nitro benzene ring substituents is 1. The number of esters is 1. The monoisotopic (exact) mass is 341 g/mol. The second-order valence-electron chi connectivity index (χ2n) is 5.73. The Morgan fingerprint density at radius 2 is 1.60 bits per heavy atom. The Morgan fingerprint density at radius 1 is 1.04 bits per heavy atom. The van der Waals surface area contributed by atoms with Gasteiger partial charge in [0.05, 0.1) is 10.5 Å². The maximum atomic E-state index is 12.1. The number of nitro groups is 1. The lowest BCUT2D eigenvalue weighted by Crippen LogP contribution is -2.14. The van der Waals surface area contributed by atoms with E-state index in [-0.39, 0.29) is 23.6 Å². The molecule has 0 aromatic heterocycles. The Morgan fingerprint density at radius 3 is 2.12 bits per heavy atom. The fourth-order valence-corrected chi connectivity index (χ4v) is 2.25. The standard InChI is InChI=1S/C19H19NO5/c1-3-13(2)14-4-6-15(7-5-14)18(21)12-25-19(22)16-8-10-17(11-9-16)20(23)24/h4-11,13H,3,12H2,1-2H3/t13-/m1/s1. The number of nitro benzene ring substituents is 1. The number of benzene rings is 2. The molecule has 0 fully saturated rings. The molecule has 0 aliphatic rings. The highest BCUT2D eigenvalue weighted by Crippen LogP contribution is 2.19. The Balaban J connectivity index is 1.94. The zero-order chi connectivity index (χ0) is 18.4. The minimum atomic E-state index is -0.695. The summed E-state index contributed by atoms with van der Waals surface area (Å²) in [6.07, 6.45) is 1.01. The number of carbonyl (C=O) groups excluding carboxylic acids is 2. The van der Waals surface area contributed by atoms with Gasteiger partial charge in [-0.25, -0.2) is 4.79 Å². The smallest absolute Gasteiger partial charge is 0.338 e. The van der Waals surface area contributed by atoms with Crippen molar-refractivity contribution >= 4 is 17.4 Å². The van der Waals surface area contributed by atoms with Crippen molar-refractivity contribution in [3.8, 4) is 0 Å². The fraction of sp³-hybridized carbons (Fsp3) is 0.263. The lowest BCUT2D eigenvalue weighted by Gasteiger charge is -2.09. The highest BCUT2D eigenvalue weighted by molar-refractivity contribution is 5.99. The van der Waals surface area contributed by atoms with Gasteiger partial charge in [-0.3, -0.25) is 14.9 Å². The molecular formula is C19H19NO5. The van der Waals surface area contributed by atoms with Crippen LogP contribution in [0.2, 0.25) is 0 Å². The molecule has 0 bridgehead atoms. The van der Waals surface area contributed by atoms with Gasteiger partial charge in [-0.1, -0.05) is 38.1 Å². The SMILES string of the molecule is CC[C@@H](C)c1ccc(C(=O)COC(=O)c2ccc([N+](=O)[O-])cc2)cc1. The Labute approximate surface area is 145 Å². The van der Waals surface area contributed by atoms with E-state index in [4.69, 9.17) is 4.74 Å². The van der Waals surface area contributed by atoms with Gasteiger partial charge in [0.2, 0.25) is 0 Å². The molecule has 0 saturated heterocycles. The maximum absolute atomic E-state index is 12.1. The first kappa shape index (κ1) is 18.3. The first-order chi connectivity index (χ1) is 11.9. The van der Waals surface area contributed by atoms with Gasteiger partial charge in [0.25, 0.3) is 5.69 Å². The number of hydrogen-bond acceptors (Lipinski definition) is 5. The summed E-state index contributed by atoms with van der Waals surface area (Å²) in [5, 5.41) is 10.6. The molecule has 0 N–H and O–H groups in total. The van der Waals surface area contributed by atoms with Crippen LogP contribution in [0.4, 0.5) is 5.69 Å². The third-order valence-corrected chi connectivity index (χ3v) is 4.06. The topological polar surface area (TPSA) is 86.5 Å². The Hall–Kier alpha value is -3.02. The van der Waals surface area contributed by atoms with Crippen molar-refractivity contribution in [1.82, 2.24) is 0 Å². The van der Waals surface area contributed by atoms with Crippen LogP contribution in [0.15, 0.2) is 48.5 Å². The van der Waals surface area contributed by atoms with Crippen LogP contribution in [0.5, 0.6) is 0 Å². The van der Waals surface area contributed by atoms with Gasteiger partial charge < -0.3 is 4.74 Å². The van der Waals surface area contributed by atoms with Gasteiger partial charge in [0.1, 0.15) is 0 Å². The van der Waals surface area contributed by atoms with Crippen molar-refractivity contribution in [3.05, 3.63) is 75.3 Å². The number of ether oxygens (including phenoxy) is 1. The molecule has 6 heteroatoms. The highest BCUT2D eigenvalue weighted by Gasteiger charge is 2.14. The molecule has 0 aliphatic heterocycles. The molecular weight excluding hydrogens is 322 g/mol. The van der Waals surface area contributed by atoms with E-state index in [9.17, 15) is 19.7 Å². The zero-order valence-electron chi connectivity index (χ0n) is 14.1. The third kappa shape index (κ3) is 4.73. The van der Waals surface area contributed by atoms with E-state index in [1.165, 1.54) is 24.3 Å². The van der Waals surface area contributed by atoms with Crippen LogP contribution in [0.1, 0.15) is 52.5 Å². The van der Waals surface area contributed by atoms with Gasteiger partial charge >= 0.3 is 5.97 Å². The van der Waals surface area contributed by atoms with Gasteiger partial charge in [0.15, 0.2) is 12.4 Å². The molecule has 1 atom stereocenters. The number of carbonyl (C=O) groups is 2. The quantitative estimate of drug-likeness (QED) is 0.327. The first-order valence-corrected chi connectivity index (χ1v) is 7.97. The number of rotatable bonds is 7. The summed E-state index contributed by atoms with van der Waals surface area (Å²) in [4.78, 5) is 34.0. The lowest BCUT2D eigenvalue weighted by atomic mass is 9.97. The number of ketones is 1. The van der Waals surface area contributed by atoms with Gasteiger partial charge in [-0.15, -0.1) is 0 Å². The lowest BCUT2D eigenvalue weighted by molar-refractivity contribution is -0.384. The minimum Gasteiger partial charge on any atom is -0.454 e. The van der Waals surface area contributed by atoms with E-state index in [0.29, 0.717) is 11.5 Å². The first-order valence-electron chi connectivity index (χ1n) is 7.97. The van der Waals surface area contributed by atoms with Crippen molar-refractivity contribution in [3.63, 3.8) is 0 Å². The summed E-state index contributed by atoms with van der Waals surface area (Å²) < 4.78 is 4.99. The largest absolute Gasteiger partial charge is 0.454 e. The second-order valence-corrected chi connectivity index (χ2v) is 5.73. The summed E-state index contributed by atoms with van der Waals surface area (Å²) in [7, 11) is 0. The van der Waals surface area contributed by atoms with Gasteiger partial charge in [-0.05, 0) is 30.0 Å². The molecule has 6 nitrogen and oxygen atoms in total. The van der Waals surface area contributed by atoms with Crippen molar-refractivity contribution in [2.75, 3.05) is 6.61 Å². The molecule has 0 saturated carbocycles. The predicted octanol–water partition coefficient (Wildman–Crippen LogP) is 4.15. The van der Waals surface area contributed by atoms with Crippen LogP contribution >= 0.6 is 0 Å². The molecule has 0 heterocycles. The summed E-state index contributed by atoms with van der Waals surface area (Å²) in [5.41, 5.74) is 1.67. The van der Waals surface area contributed by atoms with E-state index in [1.54, 1.807) is 12.1 Å². The molecule has 2 aromatic carbocycles. The highest BCUT2D eigenvalue weighted by atomic mass is 16.6. The van der Waals surface area contributed by atoms with E-state index >= 15 is 0 Å². The van der Waals surface area contributed by atoms with Crippen molar-refractivity contribution < 1.29 is 19.2 Å². The summed E-state index contributed by atoms with van der Waals surface area (Å²) in [6, 6.07) is 12.3. The van der Waals surface area contributed by atoms with E-state index in [1.807, 2.05) is 12.1 Å². The van der Waals surface area contributed by atoms with Crippen LogP contribution in [0, 0.1) is 10.1 Å². The summed E-state index contributed by atoms with van der Waals surface area (Å²) in [5.74, 6) is -0.574. The van der Waals surface area contributed by atoms with E-state index < -0.39 is 10.9 Å². The van der Waals surface area contributed by atoms with Crippen molar-refractivity contribution in [2.24, 2.45) is 0 Å². The number of hydrogen-bond donors (Lipinski definition) is 0. The molecule has 0 radical (unpaired) electrons. The van der Waals surface area contributed by atoms with Crippen LogP contribution < -0.4 is 0 Å². The minimum absolute atomic E-state index is 0.117. The third-order valence-electron chi connectivity index (χ3n) is 4.06. The molecule has 0 spiro atoms. The van der Waals surface area contributed by atoms with Crippen LogP contribution in [-0.2, 0) is 4.74 Å². The summed E-state index contributed by atoms with van der Waals surface area (Å²) in [6.45, 7) is 3.84. The zero-order valence-corrected chi connectivity index (χ0v) is 14.1. The Bertz CT molecular complexity index is 765. The number of nitrogens with zero attached hydrogens (tertiary/aromatic N) is 1. The van der Waals surface area contributed by atoms with E-state index in [2.05, 4.69) is 13.8 Å². The molecule has 130 valence electrons. The van der Waals surface area contributed by atoms with Crippen molar-refractivity contribution in [2.45, 2.75) is 26.2 Å². The molecule has 25 heavy (non-hydrogen) atoms. The molecule has 0 aliphatic carbocycles. The number of Topliss-reactive ketones (excluding diaryl/α,β-unsaturated/α-hetero) is 1. The Kier molecular flexibility index (Phi) is 6.00. The van der Waals surface area contributed by atoms with Crippen molar-refractivity contribution in [1.29, 1.82) is 0 Å². The molecule has 0 amide bonds. The van der Waals surface area contributed by atoms with Gasteiger partial charge in [0, 0.05) is 17.7 Å². The maximum Gasteiger partial charge on any atom is 0.338 e. The van der Waals surface area contributed by atoms with Crippen LogP contribution in [0.3, 0.4) is 0 Å². The average Bonchev–Trinajstić information content (AvgIpc) is 2.65. The molecule has 0 unspecified atom stereocenters. The van der Waals surface area contributed by atoms with Crippen LogP contribution in [-0.4, -0.2) is 23.3 Å². The second kappa shape index (κ2) is 8.19. The van der Waals surface area contributed by atoms with Gasteiger partial charge in [-0.2, -0.15) is 0 Å². The molecule has 2 rings (SSSR count). The normalized spacial score (nSPS) is 11.6. The fourth-order valence-electron chi connectivity index (χ4n) is 2.25. The van der Waals surface area contributed by atoms with Crippen LogP contribution in [0.25, 0.3) is 0 Å². The predicted molar refractivity (Wildman–Crippen MR) is 92.9 cm³/mol. The molecule has 2 aromatic rings. The van der Waals surface area contributed by atoms with E-state index in [0.717, 1.165) is 12.0 Å². The average molecular weight is 341 g/mol. The summed E-state index contributed by atoms with van der Waals surface area (Å²) >= 11 is 0.